The van der Waals surface area contributed by atoms with Gasteiger partial charge in [0, 0.05) is 18.8 Å². The van der Waals surface area contributed by atoms with Crippen molar-refractivity contribution in [2.45, 2.75) is 17.7 Å². The molecular formula is C21H22N6O5S. The van der Waals surface area contributed by atoms with Crippen molar-refractivity contribution in [1.29, 1.82) is 0 Å². The van der Waals surface area contributed by atoms with Gasteiger partial charge in [-0.05, 0) is 71.8 Å². The second kappa shape index (κ2) is 9.46. The lowest BCUT2D eigenvalue weighted by atomic mass is 9.98. The summed E-state index contributed by atoms with van der Waals surface area (Å²) in [6.07, 6.45) is 2.57. The molecule has 1 amide bonds. The number of anilines is 1. The molecule has 1 unspecified atom stereocenters. The van der Waals surface area contributed by atoms with Gasteiger partial charge in [0.1, 0.15) is 6.33 Å². The SMILES string of the molecule is COC(=O)c1ccc(NC(=O)C2CCCN(S(=O)(=O)c3ccc(-n4cnnn4)cc3)C2)cc1. The molecule has 0 spiro atoms. The molecule has 4 rings (SSSR count). The highest BCUT2D eigenvalue weighted by molar-refractivity contribution is 7.89. The predicted octanol–water partition coefficient (Wildman–Crippen LogP) is 1.49. The number of hydrogen-bond donors (Lipinski definition) is 1. The van der Waals surface area contributed by atoms with E-state index >= 15 is 0 Å². The minimum absolute atomic E-state index is 0.0865. The number of nitrogens with one attached hydrogen (secondary N) is 1. The number of aromatic nitrogens is 4. The topological polar surface area (TPSA) is 136 Å². The number of amides is 1. The lowest BCUT2D eigenvalue weighted by molar-refractivity contribution is -0.120. The quantitative estimate of drug-likeness (QED) is 0.535. The van der Waals surface area contributed by atoms with Gasteiger partial charge in [0.15, 0.2) is 0 Å². The largest absolute Gasteiger partial charge is 0.465 e. The smallest absolute Gasteiger partial charge is 0.337 e. The summed E-state index contributed by atoms with van der Waals surface area (Å²) in [5.74, 6) is -1.23. The van der Waals surface area contributed by atoms with E-state index in [0.29, 0.717) is 36.3 Å². The number of hydrogen-bond acceptors (Lipinski definition) is 8. The Balaban J connectivity index is 1.43. The molecule has 2 aromatic carbocycles. The average Bonchev–Trinajstić information content (AvgIpc) is 3.39. The van der Waals surface area contributed by atoms with Crippen molar-refractivity contribution < 1.29 is 22.7 Å². The molecular weight excluding hydrogens is 448 g/mol. The summed E-state index contributed by atoms with van der Waals surface area (Å²) in [6, 6.07) is 12.6. The zero-order valence-electron chi connectivity index (χ0n) is 17.8. The second-order valence-corrected chi connectivity index (χ2v) is 9.45. The van der Waals surface area contributed by atoms with Gasteiger partial charge in [0.25, 0.3) is 0 Å². The number of benzene rings is 2. The van der Waals surface area contributed by atoms with Crippen molar-refractivity contribution in [3.63, 3.8) is 0 Å². The van der Waals surface area contributed by atoms with Gasteiger partial charge in [-0.1, -0.05) is 0 Å². The summed E-state index contributed by atoms with van der Waals surface area (Å²) in [5, 5.41) is 13.7. The number of carbonyl (C=O) groups is 2. The molecule has 0 radical (unpaired) electrons. The third-order valence-corrected chi connectivity index (χ3v) is 7.30. The maximum atomic E-state index is 13.1. The molecule has 2 heterocycles. The van der Waals surface area contributed by atoms with Gasteiger partial charge in [-0.25, -0.2) is 17.9 Å². The van der Waals surface area contributed by atoms with E-state index in [2.05, 4.69) is 25.6 Å². The van der Waals surface area contributed by atoms with E-state index in [4.69, 9.17) is 0 Å². The van der Waals surface area contributed by atoms with Gasteiger partial charge >= 0.3 is 5.97 Å². The minimum Gasteiger partial charge on any atom is -0.465 e. The van der Waals surface area contributed by atoms with Gasteiger partial charge in [-0.15, -0.1) is 5.10 Å². The van der Waals surface area contributed by atoms with Crippen LogP contribution >= 0.6 is 0 Å². The van der Waals surface area contributed by atoms with Gasteiger partial charge in [-0.3, -0.25) is 4.79 Å². The number of carbonyl (C=O) groups excluding carboxylic acids is 2. The van der Waals surface area contributed by atoms with Gasteiger partial charge in [0.2, 0.25) is 15.9 Å². The minimum atomic E-state index is -3.76. The normalized spacial score (nSPS) is 16.8. The van der Waals surface area contributed by atoms with Crippen LogP contribution in [0.2, 0.25) is 0 Å². The van der Waals surface area contributed by atoms with Crippen molar-refractivity contribution in [3.8, 4) is 5.69 Å². The van der Waals surface area contributed by atoms with Crippen LogP contribution in [-0.4, -0.2) is 65.0 Å². The fourth-order valence-electron chi connectivity index (χ4n) is 3.63. The van der Waals surface area contributed by atoms with Crippen molar-refractivity contribution in [1.82, 2.24) is 24.5 Å². The Hall–Kier alpha value is -3.64. The van der Waals surface area contributed by atoms with Crippen LogP contribution in [0.3, 0.4) is 0 Å². The molecule has 1 atom stereocenters. The molecule has 0 saturated carbocycles. The lowest BCUT2D eigenvalue weighted by Gasteiger charge is -2.31. The lowest BCUT2D eigenvalue weighted by Crippen LogP contribution is -2.43. The van der Waals surface area contributed by atoms with Crippen LogP contribution < -0.4 is 5.32 Å². The number of methoxy groups -OCH3 is 1. The molecule has 0 aliphatic carbocycles. The molecule has 1 aromatic heterocycles. The molecule has 1 N–H and O–H groups in total. The first-order valence-electron chi connectivity index (χ1n) is 10.2. The zero-order valence-corrected chi connectivity index (χ0v) is 18.6. The number of tetrazole rings is 1. The summed E-state index contributed by atoms with van der Waals surface area (Å²) >= 11 is 0. The Bertz CT molecular complexity index is 1230. The number of sulfonamides is 1. The summed E-state index contributed by atoms with van der Waals surface area (Å²) in [5.41, 5.74) is 1.52. The summed E-state index contributed by atoms with van der Waals surface area (Å²) < 4.78 is 33.7. The number of ether oxygens (including phenoxy) is 1. The Kier molecular flexibility index (Phi) is 6.47. The number of nitrogens with zero attached hydrogens (tertiary/aromatic N) is 5. The first-order chi connectivity index (χ1) is 15.9. The van der Waals surface area contributed by atoms with Crippen LogP contribution in [0.1, 0.15) is 23.2 Å². The summed E-state index contributed by atoms with van der Waals surface area (Å²) in [7, 11) is -2.47. The van der Waals surface area contributed by atoms with Crippen LogP contribution in [-0.2, 0) is 19.6 Å². The number of rotatable bonds is 6. The third-order valence-electron chi connectivity index (χ3n) is 5.42. The van der Waals surface area contributed by atoms with Gasteiger partial charge in [-0.2, -0.15) is 4.31 Å². The molecule has 3 aromatic rings. The van der Waals surface area contributed by atoms with Crippen LogP contribution in [0.5, 0.6) is 0 Å². The van der Waals surface area contributed by atoms with E-state index in [1.807, 2.05) is 0 Å². The monoisotopic (exact) mass is 470 g/mol. The Morgan fingerprint density at radius 3 is 2.45 bits per heavy atom. The van der Waals surface area contributed by atoms with E-state index in [1.165, 1.54) is 34.6 Å². The standard InChI is InChI=1S/C21H22N6O5S/c1-32-21(29)15-4-6-17(7-5-15)23-20(28)16-3-2-12-26(13-16)33(30,31)19-10-8-18(9-11-19)27-14-22-24-25-27/h4-11,14,16H,2-3,12-13H2,1H3,(H,23,28). The van der Waals surface area contributed by atoms with Gasteiger partial charge in [0.05, 0.1) is 29.2 Å². The molecule has 11 nitrogen and oxygen atoms in total. The van der Waals surface area contributed by atoms with Crippen molar-refractivity contribution in [2.75, 3.05) is 25.5 Å². The molecule has 33 heavy (non-hydrogen) atoms. The molecule has 0 bridgehead atoms. The first kappa shape index (κ1) is 22.6. The highest BCUT2D eigenvalue weighted by Crippen LogP contribution is 2.25. The second-order valence-electron chi connectivity index (χ2n) is 7.51. The number of esters is 1. The Labute approximate surface area is 190 Å². The van der Waals surface area contributed by atoms with Crippen molar-refractivity contribution in [3.05, 3.63) is 60.4 Å². The average molecular weight is 471 g/mol. The molecule has 1 saturated heterocycles. The highest BCUT2D eigenvalue weighted by atomic mass is 32.2. The van der Waals surface area contributed by atoms with Crippen molar-refractivity contribution in [2.24, 2.45) is 5.92 Å². The molecule has 1 fully saturated rings. The van der Waals surface area contributed by atoms with E-state index in [-0.39, 0.29) is 17.3 Å². The Morgan fingerprint density at radius 2 is 1.82 bits per heavy atom. The fourth-order valence-corrected chi connectivity index (χ4v) is 5.15. The third kappa shape index (κ3) is 4.91. The summed E-state index contributed by atoms with van der Waals surface area (Å²) in [4.78, 5) is 24.5. The Morgan fingerprint density at radius 1 is 1.09 bits per heavy atom. The van der Waals surface area contributed by atoms with Crippen LogP contribution in [0.25, 0.3) is 5.69 Å². The molecule has 12 heteroatoms. The highest BCUT2D eigenvalue weighted by Gasteiger charge is 2.33. The fraction of sp³-hybridized carbons (Fsp3) is 0.286. The van der Waals surface area contributed by atoms with E-state index in [9.17, 15) is 18.0 Å². The predicted molar refractivity (Wildman–Crippen MR) is 117 cm³/mol. The van der Waals surface area contributed by atoms with Crippen LogP contribution in [0, 0.1) is 5.92 Å². The van der Waals surface area contributed by atoms with Crippen LogP contribution in [0.15, 0.2) is 59.8 Å². The molecule has 1 aliphatic rings. The van der Waals surface area contributed by atoms with Crippen LogP contribution in [0.4, 0.5) is 5.69 Å². The molecule has 1 aliphatic heterocycles. The molecule has 172 valence electrons. The first-order valence-corrected chi connectivity index (χ1v) is 11.7. The van der Waals surface area contributed by atoms with E-state index < -0.39 is 21.9 Å². The summed E-state index contributed by atoms with van der Waals surface area (Å²) in [6.45, 7) is 0.428. The van der Waals surface area contributed by atoms with E-state index in [1.54, 1.807) is 36.4 Å². The number of piperidine rings is 1. The van der Waals surface area contributed by atoms with E-state index in [0.717, 1.165) is 0 Å². The maximum absolute atomic E-state index is 13.1. The van der Waals surface area contributed by atoms with Gasteiger partial charge < -0.3 is 10.1 Å². The zero-order chi connectivity index (χ0) is 23.4. The van der Waals surface area contributed by atoms with Crippen molar-refractivity contribution >= 4 is 27.6 Å². The maximum Gasteiger partial charge on any atom is 0.337 e.